The van der Waals surface area contributed by atoms with E-state index >= 15 is 0 Å². The maximum Gasteiger partial charge on any atom is 0.314 e. The molecule has 0 bridgehead atoms. The Balaban J connectivity index is 1.91. The Labute approximate surface area is 118 Å². The second kappa shape index (κ2) is 5.01. The summed E-state index contributed by atoms with van der Waals surface area (Å²) in [4.78, 5) is 17.3. The Kier molecular flexibility index (Phi) is 3.33. The molecule has 2 heterocycles. The quantitative estimate of drug-likeness (QED) is 0.658. The zero-order valence-electron chi connectivity index (χ0n) is 11.7. The van der Waals surface area contributed by atoms with Crippen molar-refractivity contribution in [3.05, 3.63) is 27.9 Å². The van der Waals surface area contributed by atoms with E-state index in [1.54, 1.807) is 19.2 Å². The molecule has 3 atom stereocenters. The zero-order valence-corrected chi connectivity index (χ0v) is 11.7. The van der Waals surface area contributed by atoms with Gasteiger partial charge in [0.15, 0.2) is 0 Å². The number of hydrogen-bond acceptors (Lipinski definition) is 5. The first-order chi connectivity index (χ1) is 9.58. The highest BCUT2D eigenvalue weighted by atomic mass is 16.6. The third-order valence-corrected chi connectivity index (χ3v) is 4.74. The average Bonchev–Trinajstić information content (AvgIpc) is 2.83. The van der Waals surface area contributed by atoms with Gasteiger partial charge in [0.1, 0.15) is 0 Å². The van der Waals surface area contributed by atoms with Crippen LogP contribution in [0.1, 0.15) is 24.8 Å². The predicted octanol–water partition coefficient (Wildman–Crippen LogP) is 1.86. The Morgan fingerprint density at radius 1 is 1.45 bits per heavy atom. The van der Waals surface area contributed by atoms with Gasteiger partial charge >= 0.3 is 5.69 Å². The number of hydrogen-bond donors (Lipinski definition) is 1. The van der Waals surface area contributed by atoms with Crippen molar-refractivity contribution >= 4 is 11.5 Å². The minimum Gasteiger partial charge on any atom is -0.350 e. The maximum atomic E-state index is 11.3. The van der Waals surface area contributed by atoms with E-state index < -0.39 is 0 Å². The summed E-state index contributed by atoms with van der Waals surface area (Å²) >= 11 is 0. The van der Waals surface area contributed by atoms with Gasteiger partial charge in [-0.1, -0.05) is 6.42 Å². The fourth-order valence-electron chi connectivity index (χ4n) is 3.68. The molecule has 2 aliphatic rings. The summed E-state index contributed by atoms with van der Waals surface area (Å²) in [5.41, 5.74) is 7.01. The van der Waals surface area contributed by atoms with Gasteiger partial charge in [0.05, 0.1) is 4.92 Å². The fourth-order valence-corrected chi connectivity index (χ4v) is 3.68. The molecule has 2 N–H and O–H groups in total. The fraction of sp³-hybridized carbons (Fsp3) is 0.643. The molecule has 3 rings (SSSR count). The van der Waals surface area contributed by atoms with E-state index in [1.165, 1.54) is 12.8 Å². The first kappa shape index (κ1) is 13.3. The van der Waals surface area contributed by atoms with Gasteiger partial charge in [-0.05, 0) is 37.7 Å². The van der Waals surface area contributed by atoms with Crippen LogP contribution < -0.4 is 10.6 Å². The summed E-state index contributed by atoms with van der Waals surface area (Å²) < 4.78 is 0. The Morgan fingerprint density at radius 2 is 2.25 bits per heavy atom. The van der Waals surface area contributed by atoms with Crippen molar-refractivity contribution in [3.8, 4) is 0 Å². The van der Waals surface area contributed by atoms with Gasteiger partial charge in [0, 0.05) is 30.9 Å². The summed E-state index contributed by atoms with van der Waals surface area (Å²) in [6.45, 7) is 3.40. The predicted molar refractivity (Wildman–Crippen MR) is 76.6 cm³/mol. The van der Waals surface area contributed by atoms with E-state index in [0.717, 1.165) is 19.5 Å². The largest absolute Gasteiger partial charge is 0.350 e. The second-order valence-electron chi connectivity index (χ2n) is 5.98. The number of rotatable bonds is 2. The lowest BCUT2D eigenvalue weighted by Crippen LogP contribution is -2.38. The first-order valence-corrected chi connectivity index (χ1v) is 7.18. The molecule has 6 heteroatoms. The lowest BCUT2D eigenvalue weighted by molar-refractivity contribution is -0.384. The summed E-state index contributed by atoms with van der Waals surface area (Å²) in [6.07, 6.45) is 5.06. The van der Waals surface area contributed by atoms with Gasteiger partial charge in [-0.25, -0.2) is 4.98 Å². The Morgan fingerprint density at radius 3 is 2.95 bits per heavy atom. The Hall–Kier alpha value is -1.69. The number of pyridine rings is 1. The number of nitrogens with zero attached hydrogens (tertiary/aromatic N) is 3. The number of fused-ring (bicyclic) bond motifs is 1. The molecule has 2 fully saturated rings. The van der Waals surface area contributed by atoms with Crippen LogP contribution in [-0.4, -0.2) is 29.0 Å². The van der Waals surface area contributed by atoms with Crippen LogP contribution in [0, 0.1) is 28.9 Å². The summed E-state index contributed by atoms with van der Waals surface area (Å²) in [5.74, 6) is 1.52. The lowest BCUT2D eigenvalue weighted by Gasteiger charge is -2.29. The minimum absolute atomic E-state index is 0.139. The molecule has 1 aliphatic carbocycles. The molecule has 0 radical (unpaired) electrons. The minimum atomic E-state index is -0.320. The van der Waals surface area contributed by atoms with E-state index in [9.17, 15) is 10.1 Å². The molecule has 1 aliphatic heterocycles. The number of nitro groups is 1. The molecule has 3 unspecified atom stereocenters. The molecule has 1 saturated carbocycles. The summed E-state index contributed by atoms with van der Waals surface area (Å²) in [6, 6.07) is 1.92. The Bertz CT molecular complexity index is 534. The third kappa shape index (κ3) is 2.14. The summed E-state index contributed by atoms with van der Waals surface area (Å²) in [5, 5.41) is 11.3. The van der Waals surface area contributed by atoms with Gasteiger partial charge in [-0.2, -0.15) is 0 Å². The van der Waals surface area contributed by atoms with Crippen molar-refractivity contribution < 1.29 is 4.92 Å². The number of aryl methyl sites for hydroxylation is 1. The van der Waals surface area contributed by atoms with E-state index in [1.807, 2.05) is 0 Å². The molecule has 20 heavy (non-hydrogen) atoms. The van der Waals surface area contributed by atoms with Crippen molar-refractivity contribution in [3.63, 3.8) is 0 Å². The van der Waals surface area contributed by atoms with Crippen LogP contribution in [0.15, 0.2) is 12.3 Å². The second-order valence-corrected chi connectivity index (χ2v) is 5.98. The van der Waals surface area contributed by atoms with Crippen molar-refractivity contribution in [1.29, 1.82) is 0 Å². The van der Waals surface area contributed by atoms with Crippen molar-refractivity contribution in [2.24, 2.45) is 17.6 Å². The molecule has 6 nitrogen and oxygen atoms in total. The first-order valence-electron chi connectivity index (χ1n) is 7.18. The van der Waals surface area contributed by atoms with Gasteiger partial charge in [-0.15, -0.1) is 0 Å². The topological polar surface area (TPSA) is 85.3 Å². The lowest BCUT2D eigenvalue weighted by atomic mass is 9.78. The molecule has 1 aromatic rings. The third-order valence-electron chi connectivity index (χ3n) is 4.74. The SMILES string of the molecule is Cc1ccnc(N2CC3CCCC(N)C3C2)c1[N+](=O)[O-]. The van der Waals surface area contributed by atoms with Crippen LogP contribution in [0.2, 0.25) is 0 Å². The standard InChI is InChI=1S/C14H20N4O2/c1-9-5-6-16-14(13(9)18(19)20)17-7-10-3-2-4-12(15)11(10)8-17/h5-6,10-12H,2-4,7-8,15H2,1H3. The van der Waals surface area contributed by atoms with Crippen molar-refractivity contribution in [2.75, 3.05) is 18.0 Å². The van der Waals surface area contributed by atoms with Crippen LogP contribution in [0.25, 0.3) is 0 Å². The highest BCUT2D eigenvalue weighted by Gasteiger charge is 2.41. The van der Waals surface area contributed by atoms with Gasteiger partial charge in [0.2, 0.25) is 5.82 Å². The van der Waals surface area contributed by atoms with E-state index in [4.69, 9.17) is 5.73 Å². The highest BCUT2D eigenvalue weighted by molar-refractivity contribution is 5.62. The van der Waals surface area contributed by atoms with Gasteiger partial charge < -0.3 is 10.6 Å². The number of aromatic nitrogens is 1. The number of nitrogens with two attached hydrogens (primary N) is 1. The van der Waals surface area contributed by atoms with Crippen molar-refractivity contribution in [1.82, 2.24) is 4.98 Å². The summed E-state index contributed by atoms with van der Waals surface area (Å²) in [7, 11) is 0. The van der Waals surface area contributed by atoms with E-state index in [-0.39, 0.29) is 16.7 Å². The molecule has 108 valence electrons. The number of anilines is 1. The van der Waals surface area contributed by atoms with Crippen LogP contribution in [-0.2, 0) is 0 Å². The molecule has 0 aromatic carbocycles. The maximum absolute atomic E-state index is 11.3. The monoisotopic (exact) mass is 276 g/mol. The smallest absolute Gasteiger partial charge is 0.314 e. The van der Waals surface area contributed by atoms with Crippen molar-refractivity contribution in [2.45, 2.75) is 32.2 Å². The van der Waals surface area contributed by atoms with E-state index in [0.29, 0.717) is 23.2 Å². The molecule has 0 amide bonds. The highest BCUT2D eigenvalue weighted by Crippen LogP contribution is 2.39. The zero-order chi connectivity index (χ0) is 14.3. The molecular formula is C14H20N4O2. The van der Waals surface area contributed by atoms with Gasteiger partial charge in [-0.3, -0.25) is 10.1 Å². The average molecular weight is 276 g/mol. The molecule has 1 saturated heterocycles. The normalized spacial score (nSPS) is 29.3. The van der Waals surface area contributed by atoms with Gasteiger partial charge in [0.25, 0.3) is 0 Å². The molecular weight excluding hydrogens is 256 g/mol. The molecule has 1 aromatic heterocycles. The van der Waals surface area contributed by atoms with Crippen LogP contribution in [0.3, 0.4) is 0 Å². The van der Waals surface area contributed by atoms with E-state index in [2.05, 4.69) is 9.88 Å². The molecule has 0 spiro atoms. The van der Waals surface area contributed by atoms with Crippen LogP contribution >= 0.6 is 0 Å². The van der Waals surface area contributed by atoms with Crippen LogP contribution in [0.4, 0.5) is 11.5 Å². The van der Waals surface area contributed by atoms with Crippen LogP contribution in [0.5, 0.6) is 0 Å².